The monoisotopic (exact) mass is 289 g/mol. The smallest absolute Gasteiger partial charge is 0.315 e. The second-order valence-electron chi connectivity index (χ2n) is 4.87. The summed E-state index contributed by atoms with van der Waals surface area (Å²) in [7, 11) is 0. The molecule has 2 amide bonds. The van der Waals surface area contributed by atoms with Gasteiger partial charge in [0.1, 0.15) is 5.82 Å². The average Bonchev–Trinajstić information content (AvgIpc) is 2.90. The molecular weight excluding hydrogens is 269 g/mol. The molecule has 0 saturated heterocycles. The summed E-state index contributed by atoms with van der Waals surface area (Å²) in [5.41, 5.74) is 1.87. The van der Waals surface area contributed by atoms with Crippen molar-refractivity contribution in [2.75, 3.05) is 6.54 Å². The van der Waals surface area contributed by atoms with Crippen molar-refractivity contribution in [1.29, 1.82) is 0 Å². The molecule has 1 aromatic heterocycles. The van der Waals surface area contributed by atoms with Crippen LogP contribution in [0, 0.1) is 5.82 Å². The summed E-state index contributed by atoms with van der Waals surface area (Å²) in [5, 5.41) is 5.57. The van der Waals surface area contributed by atoms with Crippen LogP contribution in [0.25, 0.3) is 0 Å². The van der Waals surface area contributed by atoms with Gasteiger partial charge in [0.2, 0.25) is 0 Å². The molecule has 0 spiro atoms. The van der Waals surface area contributed by atoms with Gasteiger partial charge in [-0.15, -0.1) is 0 Å². The first-order valence-electron chi connectivity index (χ1n) is 7.09. The van der Waals surface area contributed by atoms with Crippen molar-refractivity contribution in [1.82, 2.24) is 15.2 Å². The van der Waals surface area contributed by atoms with E-state index in [0.717, 1.165) is 17.7 Å². The van der Waals surface area contributed by atoms with Crippen LogP contribution in [0.4, 0.5) is 9.18 Å². The molecule has 2 aromatic rings. The fraction of sp³-hybridized carbons (Fsp3) is 0.312. The Balaban J connectivity index is 1.94. The lowest BCUT2D eigenvalue weighted by molar-refractivity contribution is 0.240. The van der Waals surface area contributed by atoms with Crippen LogP contribution in [-0.4, -0.2) is 17.1 Å². The number of hydrogen-bond acceptors (Lipinski definition) is 1. The predicted octanol–water partition coefficient (Wildman–Crippen LogP) is 2.88. The molecule has 0 fully saturated rings. The van der Waals surface area contributed by atoms with Gasteiger partial charge < -0.3 is 15.2 Å². The Labute approximate surface area is 124 Å². The zero-order valence-electron chi connectivity index (χ0n) is 12.1. The Morgan fingerprint density at radius 2 is 2.10 bits per heavy atom. The molecule has 112 valence electrons. The quantitative estimate of drug-likeness (QED) is 0.844. The van der Waals surface area contributed by atoms with E-state index in [-0.39, 0.29) is 11.8 Å². The second kappa shape index (κ2) is 7.47. The summed E-state index contributed by atoms with van der Waals surface area (Å²) >= 11 is 0. The molecule has 0 radical (unpaired) electrons. The van der Waals surface area contributed by atoms with Gasteiger partial charge in [0.05, 0.1) is 6.54 Å². The predicted molar refractivity (Wildman–Crippen MR) is 80.5 cm³/mol. The zero-order valence-corrected chi connectivity index (χ0v) is 12.1. The average molecular weight is 289 g/mol. The molecule has 0 aliphatic rings. The van der Waals surface area contributed by atoms with Crippen LogP contribution in [0.3, 0.4) is 0 Å². The Kier molecular flexibility index (Phi) is 5.37. The van der Waals surface area contributed by atoms with E-state index >= 15 is 0 Å². The number of nitrogens with one attached hydrogen (secondary N) is 2. The summed E-state index contributed by atoms with van der Waals surface area (Å²) in [6, 6.07) is 10.2. The van der Waals surface area contributed by atoms with Crippen molar-refractivity contribution < 1.29 is 9.18 Å². The lowest BCUT2D eigenvalue weighted by atomic mass is 10.2. The molecule has 21 heavy (non-hydrogen) atoms. The summed E-state index contributed by atoms with van der Waals surface area (Å²) in [5.74, 6) is -0.238. The Hall–Kier alpha value is -2.30. The Bertz CT molecular complexity index is 595. The van der Waals surface area contributed by atoms with Crippen molar-refractivity contribution in [2.24, 2.45) is 0 Å². The molecule has 4 nitrogen and oxygen atoms in total. The largest absolute Gasteiger partial charge is 0.345 e. The minimum atomic E-state index is -0.238. The molecule has 2 N–H and O–H groups in total. The third-order valence-corrected chi connectivity index (χ3v) is 3.13. The maximum absolute atomic E-state index is 13.2. The van der Waals surface area contributed by atoms with Gasteiger partial charge in [-0.25, -0.2) is 9.18 Å². The lowest BCUT2D eigenvalue weighted by Crippen LogP contribution is -2.35. The molecule has 1 heterocycles. The summed E-state index contributed by atoms with van der Waals surface area (Å²) in [4.78, 5) is 11.5. The van der Waals surface area contributed by atoms with E-state index in [1.54, 1.807) is 6.07 Å². The zero-order chi connectivity index (χ0) is 15.1. The number of benzene rings is 1. The number of aromatic nitrogens is 1. The molecule has 0 aliphatic carbocycles. The minimum absolute atomic E-state index is 0.171. The van der Waals surface area contributed by atoms with Crippen LogP contribution in [0.15, 0.2) is 42.6 Å². The van der Waals surface area contributed by atoms with E-state index in [2.05, 4.69) is 10.6 Å². The summed E-state index contributed by atoms with van der Waals surface area (Å²) in [6.07, 6.45) is 2.83. The minimum Gasteiger partial charge on any atom is -0.345 e. The first-order chi connectivity index (χ1) is 10.2. The van der Waals surface area contributed by atoms with Gasteiger partial charge in [-0.2, -0.15) is 0 Å². The molecule has 1 aromatic carbocycles. The van der Waals surface area contributed by atoms with Gasteiger partial charge in [-0.3, -0.25) is 0 Å². The highest BCUT2D eigenvalue weighted by Crippen LogP contribution is 2.09. The lowest BCUT2D eigenvalue weighted by Gasteiger charge is -2.11. The van der Waals surface area contributed by atoms with Crippen molar-refractivity contribution in [2.45, 2.75) is 26.4 Å². The van der Waals surface area contributed by atoms with Crippen molar-refractivity contribution in [3.63, 3.8) is 0 Å². The fourth-order valence-corrected chi connectivity index (χ4v) is 2.07. The Morgan fingerprint density at radius 1 is 1.24 bits per heavy atom. The topological polar surface area (TPSA) is 46.1 Å². The van der Waals surface area contributed by atoms with E-state index in [1.807, 2.05) is 35.9 Å². The summed E-state index contributed by atoms with van der Waals surface area (Å²) in [6.45, 7) is 3.69. The maximum Gasteiger partial charge on any atom is 0.315 e. The van der Waals surface area contributed by atoms with Crippen LogP contribution in [0.1, 0.15) is 24.6 Å². The molecule has 0 saturated carbocycles. The molecule has 2 rings (SSSR count). The van der Waals surface area contributed by atoms with Gasteiger partial charge in [0.15, 0.2) is 0 Å². The van der Waals surface area contributed by atoms with Gasteiger partial charge in [-0.1, -0.05) is 19.1 Å². The van der Waals surface area contributed by atoms with E-state index < -0.39 is 0 Å². The Morgan fingerprint density at radius 3 is 2.86 bits per heavy atom. The van der Waals surface area contributed by atoms with Crippen molar-refractivity contribution >= 4 is 6.03 Å². The maximum atomic E-state index is 13.2. The van der Waals surface area contributed by atoms with Gasteiger partial charge in [0, 0.05) is 25.0 Å². The standard InChI is InChI=1S/C16H20FN3O/c1-2-8-18-16(21)19-11-15-7-4-9-20(15)12-13-5-3-6-14(17)10-13/h3-7,9-10H,2,8,11-12H2,1H3,(H2,18,19,21). The van der Waals surface area contributed by atoms with E-state index in [4.69, 9.17) is 0 Å². The third-order valence-electron chi connectivity index (χ3n) is 3.13. The van der Waals surface area contributed by atoms with E-state index in [0.29, 0.717) is 19.6 Å². The van der Waals surface area contributed by atoms with Gasteiger partial charge >= 0.3 is 6.03 Å². The third kappa shape index (κ3) is 4.63. The SMILES string of the molecule is CCCNC(=O)NCc1cccn1Cc1cccc(F)c1. The van der Waals surface area contributed by atoms with Gasteiger partial charge in [-0.05, 0) is 36.2 Å². The highest BCUT2D eigenvalue weighted by atomic mass is 19.1. The number of rotatable bonds is 6. The number of nitrogens with zero attached hydrogens (tertiary/aromatic N) is 1. The van der Waals surface area contributed by atoms with Crippen LogP contribution < -0.4 is 10.6 Å². The highest BCUT2D eigenvalue weighted by Gasteiger charge is 2.05. The molecular formula is C16H20FN3O. The molecule has 0 atom stereocenters. The van der Waals surface area contributed by atoms with Crippen LogP contribution >= 0.6 is 0 Å². The van der Waals surface area contributed by atoms with Gasteiger partial charge in [0.25, 0.3) is 0 Å². The van der Waals surface area contributed by atoms with Crippen LogP contribution in [0.2, 0.25) is 0 Å². The van der Waals surface area contributed by atoms with Crippen molar-refractivity contribution in [3.8, 4) is 0 Å². The molecule has 0 bridgehead atoms. The van der Waals surface area contributed by atoms with E-state index in [1.165, 1.54) is 12.1 Å². The number of amides is 2. The normalized spacial score (nSPS) is 10.4. The number of hydrogen-bond donors (Lipinski definition) is 2. The summed E-state index contributed by atoms with van der Waals surface area (Å²) < 4.78 is 15.2. The van der Waals surface area contributed by atoms with Crippen LogP contribution in [0.5, 0.6) is 0 Å². The number of carbonyl (C=O) groups is 1. The molecule has 0 aliphatic heterocycles. The van der Waals surface area contributed by atoms with Crippen LogP contribution in [-0.2, 0) is 13.1 Å². The highest BCUT2D eigenvalue weighted by molar-refractivity contribution is 5.73. The van der Waals surface area contributed by atoms with E-state index in [9.17, 15) is 9.18 Å². The second-order valence-corrected chi connectivity index (χ2v) is 4.87. The van der Waals surface area contributed by atoms with Crippen molar-refractivity contribution in [3.05, 3.63) is 59.7 Å². The molecule has 5 heteroatoms. The first kappa shape index (κ1) is 15.1. The number of halogens is 1. The number of carbonyl (C=O) groups excluding carboxylic acids is 1. The molecule has 0 unspecified atom stereocenters. The fourth-order valence-electron chi connectivity index (χ4n) is 2.07. The number of urea groups is 1. The first-order valence-corrected chi connectivity index (χ1v) is 7.09.